The quantitative estimate of drug-likeness (QED) is 0.483. The molecule has 1 unspecified atom stereocenters. The molecule has 0 aromatic heterocycles. The van der Waals surface area contributed by atoms with Crippen molar-refractivity contribution < 1.29 is 9.46 Å². The summed E-state index contributed by atoms with van der Waals surface area (Å²) in [7, 11) is -2.29. The Bertz CT molecular complexity index is 129. The zero-order valence-electron chi connectivity index (χ0n) is 5.21. The largest absolute Gasteiger partial charge is 0.346 e. The van der Waals surface area contributed by atoms with Crippen LogP contribution in [-0.4, -0.2) is 11.1 Å². The standard InChI is InChI=1S/C6H11O2P/c1-2-3-4-5-6-9(7)8/h2,4-5,9H,1,3,6H2,(H,7,8). The van der Waals surface area contributed by atoms with Crippen molar-refractivity contribution in [2.24, 2.45) is 0 Å². The molecule has 0 rings (SSSR count). The summed E-state index contributed by atoms with van der Waals surface area (Å²) in [5.41, 5.74) is 0. The third kappa shape index (κ3) is 7.67. The van der Waals surface area contributed by atoms with Crippen LogP contribution >= 0.6 is 8.03 Å². The van der Waals surface area contributed by atoms with Crippen LogP contribution in [0.15, 0.2) is 24.8 Å². The van der Waals surface area contributed by atoms with Gasteiger partial charge in [0.2, 0.25) is 0 Å². The van der Waals surface area contributed by atoms with E-state index in [2.05, 4.69) is 6.58 Å². The summed E-state index contributed by atoms with van der Waals surface area (Å²) in [6, 6.07) is 0. The van der Waals surface area contributed by atoms with Gasteiger partial charge in [-0.15, -0.1) is 6.58 Å². The molecular formula is C6H11O2P. The van der Waals surface area contributed by atoms with Gasteiger partial charge in [0.1, 0.15) is 0 Å². The molecule has 0 radical (unpaired) electrons. The molecule has 0 aromatic carbocycles. The molecule has 0 aliphatic carbocycles. The normalized spacial score (nSPS) is 13.9. The lowest BCUT2D eigenvalue weighted by molar-refractivity contribution is 0.506. The molecule has 1 atom stereocenters. The van der Waals surface area contributed by atoms with Gasteiger partial charge in [0.05, 0.1) is 0 Å². The van der Waals surface area contributed by atoms with E-state index in [-0.39, 0.29) is 0 Å². The summed E-state index contributed by atoms with van der Waals surface area (Å²) in [5, 5.41) is 0. The van der Waals surface area contributed by atoms with Gasteiger partial charge in [0.15, 0.2) is 8.03 Å². The minimum absolute atomic E-state index is 0.290. The van der Waals surface area contributed by atoms with Gasteiger partial charge in [-0.3, -0.25) is 4.57 Å². The molecule has 1 N–H and O–H groups in total. The maximum absolute atomic E-state index is 10.1. The summed E-state index contributed by atoms with van der Waals surface area (Å²) >= 11 is 0. The molecule has 52 valence electrons. The SMILES string of the molecule is C=CCC=CC[PH](=O)O. The number of hydrogen-bond acceptors (Lipinski definition) is 1. The van der Waals surface area contributed by atoms with Crippen LogP contribution in [0.5, 0.6) is 0 Å². The second kappa shape index (κ2) is 5.80. The minimum Gasteiger partial charge on any atom is -0.346 e. The van der Waals surface area contributed by atoms with Crippen LogP contribution in [0.25, 0.3) is 0 Å². The van der Waals surface area contributed by atoms with Gasteiger partial charge in [-0.25, -0.2) is 0 Å². The molecule has 0 saturated carbocycles. The van der Waals surface area contributed by atoms with Gasteiger partial charge in [0, 0.05) is 6.16 Å². The monoisotopic (exact) mass is 146 g/mol. The second-order valence-corrected chi connectivity index (χ2v) is 2.79. The zero-order valence-corrected chi connectivity index (χ0v) is 6.21. The highest BCUT2D eigenvalue weighted by atomic mass is 31.1. The van der Waals surface area contributed by atoms with Crippen molar-refractivity contribution in [3.63, 3.8) is 0 Å². The van der Waals surface area contributed by atoms with Crippen LogP contribution < -0.4 is 0 Å². The van der Waals surface area contributed by atoms with Crippen molar-refractivity contribution in [2.45, 2.75) is 6.42 Å². The van der Waals surface area contributed by atoms with Gasteiger partial charge in [-0.05, 0) is 6.42 Å². The molecule has 0 aliphatic rings. The van der Waals surface area contributed by atoms with Crippen molar-refractivity contribution in [1.82, 2.24) is 0 Å². The first kappa shape index (κ1) is 8.67. The molecule has 0 saturated heterocycles. The first-order valence-electron chi connectivity index (χ1n) is 2.75. The van der Waals surface area contributed by atoms with E-state index in [1.807, 2.05) is 6.08 Å². The summed E-state index contributed by atoms with van der Waals surface area (Å²) < 4.78 is 10.1. The first-order chi connectivity index (χ1) is 4.27. The van der Waals surface area contributed by atoms with Crippen molar-refractivity contribution in [3.8, 4) is 0 Å². The number of allylic oxidation sites excluding steroid dienone is 3. The van der Waals surface area contributed by atoms with E-state index < -0.39 is 8.03 Å². The molecule has 0 aromatic rings. The van der Waals surface area contributed by atoms with Crippen LogP contribution in [0.1, 0.15) is 6.42 Å². The third-order valence-electron chi connectivity index (χ3n) is 0.762. The predicted molar refractivity (Wildman–Crippen MR) is 40.0 cm³/mol. The van der Waals surface area contributed by atoms with Gasteiger partial charge in [-0.2, -0.15) is 0 Å². The maximum atomic E-state index is 10.1. The molecule has 0 heterocycles. The molecule has 0 aliphatic heterocycles. The van der Waals surface area contributed by atoms with Crippen molar-refractivity contribution in [2.75, 3.05) is 6.16 Å². The van der Waals surface area contributed by atoms with Crippen molar-refractivity contribution in [3.05, 3.63) is 24.8 Å². The van der Waals surface area contributed by atoms with Crippen molar-refractivity contribution >= 4 is 8.03 Å². The van der Waals surface area contributed by atoms with Crippen molar-refractivity contribution in [1.29, 1.82) is 0 Å². The fraction of sp³-hybridized carbons (Fsp3) is 0.333. The predicted octanol–water partition coefficient (Wildman–Crippen LogP) is 1.59. The van der Waals surface area contributed by atoms with Crippen LogP contribution in [-0.2, 0) is 4.57 Å². The van der Waals surface area contributed by atoms with E-state index in [4.69, 9.17) is 4.89 Å². The molecule has 3 heteroatoms. The Hall–Kier alpha value is -0.330. The smallest absolute Gasteiger partial charge is 0.192 e. The lowest BCUT2D eigenvalue weighted by atomic mass is 10.4. The highest BCUT2D eigenvalue weighted by molar-refractivity contribution is 7.38. The summed E-state index contributed by atoms with van der Waals surface area (Å²) in [6.45, 7) is 3.49. The summed E-state index contributed by atoms with van der Waals surface area (Å²) in [5.74, 6) is 0. The van der Waals surface area contributed by atoms with Crippen LogP contribution in [0.3, 0.4) is 0 Å². The lowest BCUT2D eigenvalue weighted by Gasteiger charge is -1.82. The Balaban J connectivity index is 3.24. The van der Waals surface area contributed by atoms with Gasteiger partial charge < -0.3 is 4.89 Å². The number of hydrogen-bond donors (Lipinski definition) is 1. The molecule has 9 heavy (non-hydrogen) atoms. The zero-order chi connectivity index (χ0) is 7.11. The van der Waals surface area contributed by atoms with Gasteiger partial charge >= 0.3 is 0 Å². The van der Waals surface area contributed by atoms with Gasteiger partial charge in [-0.1, -0.05) is 18.2 Å². The molecule has 0 amide bonds. The number of rotatable bonds is 4. The van der Waals surface area contributed by atoms with E-state index in [0.717, 1.165) is 6.42 Å². The third-order valence-corrected chi connectivity index (χ3v) is 1.35. The Morgan fingerprint density at radius 3 is 2.67 bits per heavy atom. The fourth-order valence-corrected chi connectivity index (χ4v) is 0.745. The maximum Gasteiger partial charge on any atom is 0.192 e. The van der Waals surface area contributed by atoms with E-state index >= 15 is 0 Å². The summed E-state index contributed by atoms with van der Waals surface area (Å²) in [6.07, 6.45) is 6.33. The minimum atomic E-state index is -2.29. The second-order valence-electron chi connectivity index (χ2n) is 1.59. The van der Waals surface area contributed by atoms with E-state index in [1.54, 1.807) is 12.2 Å². The van der Waals surface area contributed by atoms with E-state index in [1.165, 1.54) is 0 Å². The molecule has 2 nitrogen and oxygen atoms in total. The Morgan fingerprint density at radius 2 is 2.22 bits per heavy atom. The van der Waals surface area contributed by atoms with E-state index in [0.29, 0.717) is 6.16 Å². The Morgan fingerprint density at radius 1 is 1.56 bits per heavy atom. The molecule has 0 bridgehead atoms. The van der Waals surface area contributed by atoms with E-state index in [9.17, 15) is 4.57 Å². The molecule has 0 fully saturated rings. The Labute approximate surface area is 55.8 Å². The lowest BCUT2D eigenvalue weighted by Crippen LogP contribution is -1.66. The summed E-state index contributed by atoms with van der Waals surface area (Å²) in [4.78, 5) is 8.32. The first-order valence-corrected chi connectivity index (χ1v) is 4.31. The Kier molecular flexibility index (Phi) is 5.59. The van der Waals surface area contributed by atoms with Crippen LogP contribution in [0.2, 0.25) is 0 Å². The van der Waals surface area contributed by atoms with Crippen LogP contribution in [0, 0.1) is 0 Å². The molecule has 0 spiro atoms. The highest BCUT2D eigenvalue weighted by Gasteiger charge is 1.82. The average molecular weight is 146 g/mol. The average Bonchev–Trinajstić information content (AvgIpc) is 1.80. The molecular weight excluding hydrogens is 135 g/mol. The fourth-order valence-electron chi connectivity index (χ4n) is 0.377. The topological polar surface area (TPSA) is 37.3 Å². The van der Waals surface area contributed by atoms with Gasteiger partial charge in [0.25, 0.3) is 0 Å². The van der Waals surface area contributed by atoms with Crippen LogP contribution in [0.4, 0.5) is 0 Å². The highest BCUT2D eigenvalue weighted by Crippen LogP contribution is 2.11.